The fourth-order valence-electron chi connectivity index (χ4n) is 2.10. The van der Waals surface area contributed by atoms with Gasteiger partial charge in [-0.05, 0) is 42.5 Å². The molecule has 27 heavy (non-hydrogen) atoms. The van der Waals surface area contributed by atoms with E-state index in [1.807, 2.05) is 12.1 Å². The molecule has 2 N–H and O–H groups in total. The zero-order chi connectivity index (χ0) is 19.2. The molecule has 2 aromatic carbocycles. The minimum atomic E-state index is -0.760. The van der Waals surface area contributed by atoms with Crippen molar-refractivity contribution in [3.05, 3.63) is 88.3 Å². The van der Waals surface area contributed by atoms with Gasteiger partial charge in [-0.2, -0.15) is 0 Å². The van der Waals surface area contributed by atoms with Crippen LogP contribution in [0, 0.1) is 5.82 Å². The van der Waals surface area contributed by atoms with Gasteiger partial charge in [-0.15, -0.1) is 0 Å². The van der Waals surface area contributed by atoms with Crippen LogP contribution in [0.4, 0.5) is 4.39 Å². The minimum Gasteiger partial charge on any atom is -0.439 e. The number of nitrogens with one attached hydrogen (secondary N) is 2. The molecule has 3 rings (SSSR count). The van der Waals surface area contributed by atoms with E-state index in [0.29, 0.717) is 11.6 Å². The topological polar surface area (TPSA) is 80.3 Å². The van der Waals surface area contributed by atoms with Crippen molar-refractivity contribution in [2.45, 2.75) is 0 Å². The molecule has 0 fully saturated rings. The number of pyridine rings is 1. The lowest BCUT2D eigenvalue weighted by molar-refractivity contribution is 0.0844. The molecule has 0 saturated heterocycles. The van der Waals surface area contributed by atoms with E-state index in [-0.39, 0.29) is 11.1 Å². The average molecular weight is 430 g/mol. The van der Waals surface area contributed by atoms with E-state index in [2.05, 4.69) is 31.8 Å². The molecule has 1 aromatic heterocycles. The van der Waals surface area contributed by atoms with Crippen molar-refractivity contribution in [3.8, 4) is 11.6 Å². The van der Waals surface area contributed by atoms with Crippen LogP contribution < -0.4 is 15.6 Å². The molecule has 0 aliphatic carbocycles. The number of hydrogen-bond donors (Lipinski definition) is 2. The number of carbonyl (C=O) groups excluding carboxylic acids is 2. The molecule has 8 heteroatoms. The van der Waals surface area contributed by atoms with Crippen LogP contribution in [0.25, 0.3) is 0 Å². The van der Waals surface area contributed by atoms with Crippen LogP contribution in [0.15, 0.2) is 71.3 Å². The van der Waals surface area contributed by atoms with E-state index >= 15 is 0 Å². The van der Waals surface area contributed by atoms with Crippen molar-refractivity contribution in [2.75, 3.05) is 0 Å². The highest BCUT2D eigenvalue weighted by Gasteiger charge is 2.13. The first kappa shape index (κ1) is 18.5. The summed E-state index contributed by atoms with van der Waals surface area (Å²) in [5, 5.41) is 0. The van der Waals surface area contributed by atoms with Gasteiger partial charge in [-0.25, -0.2) is 9.37 Å². The Labute approximate surface area is 162 Å². The van der Waals surface area contributed by atoms with Crippen molar-refractivity contribution < 1.29 is 18.7 Å². The quantitative estimate of drug-likeness (QED) is 0.617. The van der Waals surface area contributed by atoms with E-state index < -0.39 is 17.6 Å². The molecule has 0 radical (unpaired) electrons. The molecule has 2 amide bonds. The fraction of sp³-hybridized carbons (Fsp3) is 0. The third-order valence-electron chi connectivity index (χ3n) is 3.44. The summed E-state index contributed by atoms with van der Waals surface area (Å²) < 4.78 is 20.0. The van der Waals surface area contributed by atoms with Crippen LogP contribution in [0.2, 0.25) is 0 Å². The van der Waals surface area contributed by atoms with Crippen LogP contribution in [0.5, 0.6) is 11.6 Å². The lowest BCUT2D eigenvalue weighted by Crippen LogP contribution is -2.42. The number of benzene rings is 2. The first-order valence-electron chi connectivity index (χ1n) is 7.77. The predicted octanol–water partition coefficient (Wildman–Crippen LogP) is 3.85. The number of aromatic nitrogens is 1. The maximum Gasteiger partial charge on any atom is 0.272 e. The lowest BCUT2D eigenvalue weighted by atomic mass is 10.2. The Kier molecular flexibility index (Phi) is 5.77. The van der Waals surface area contributed by atoms with Gasteiger partial charge in [0.25, 0.3) is 11.8 Å². The fourth-order valence-corrected chi connectivity index (χ4v) is 2.36. The van der Waals surface area contributed by atoms with Gasteiger partial charge in [-0.1, -0.05) is 28.1 Å². The van der Waals surface area contributed by atoms with Crippen LogP contribution in [-0.2, 0) is 0 Å². The van der Waals surface area contributed by atoms with Crippen LogP contribution >= 0.6 is 15.9 Å². The predicted molar refractivity (Wildman–Crippen MR) is 99.8 cm³/mol. The van der Waals surface area contributed by atoms with Gasteiger partial charge in [0.15, 0.2) is 0 Å². The SMILES string of the molecule is O=C(NNC(=O)c1ccccc1F)c1ccc(Oc2ccc(Br)cc2)nc1. The molecule has 0 bridgehead atoms. The van der Waals surface area contributed by atoms with E-state index in [9.17, 15) is 14.0 Å². The third-order valence-corrected chi connectivity index (χ3v) is 3.97. The molecular formula is C19H13BrFN3O3. The van der Waals surface area contributed by atoms with Gasteiger partial charge in [0.1, 0.15) is 11.6 Å². The molecule has 136 valence electrons. The van der Waals surface area contributed by atoms with Crippen molar-refractivity contribution >= 4 is 27.7 Å². The number of amides is 2. The number of hydrazine groups is 1. The molecule has 3 aromatic rings. The summed E-state index contributed by atoms with van der Waals surface area (Å²) in [6, 6.07) is 15.7. The molecule has 0 aliphatic heterocycles. The molecule has 0 atom stereocenters. The standard InChI is InChI=1S/C19H13BrFN3O3/c20-13-6-8-14(9-7-13)27-17-10-5-12(11-22-17)18(25)23-24-19(26)15-3-1-2-4-16(15)21/h1-11H,(H,23,25)(H,24,26). The van der Waals surface area contributed by atoms with Gasteiger partial charge in [0.2, 0.25) is 5.88 Å². The number of rotatable bonds is 4. The summed E-state index contributed by atoms with van der Waals surface area (Å²) in [6.07, 6.45) is 1.30. The Bertz CT molecular complexity index is 963. The third kappa shape index (κ3) is 4.89. The Hall–Kier alpha value is -3.26. The molecular weight excluding hydrogens is 417 g/mol. The molecule has 0 aliphatic rings. The summed E-state index contributed by atoms with van der Waals surface area (Å²) >= 11 is 3.33. The zero-order valence-corrected chi connectivity index (χ0v) is 15.4. The highest BCUT2D eigenvalue weighted by molar-refractivity contribution is 9.10. The van der Waals surface area contributed by atoms with E-state index in [0.717, 1.165) is 10.5 Å². The van der Waals surface area contributed by atoms with E-state index in [1.165, 1.54) is 36.5 Å². The van der Waals surface area contributed by atoms with Crippen molar-refractivity contribution in [1.82, 2.24) is 15.8 Å². The molecule has 0 unspecified atom stereocenters. The zero-order valence-electron chi connectivity index (χ0n) is 13.8. The van der Waals surface area contributed by atoms with Crippen LogP contribution in [0.1, 0.15) is 20.7 Å². The number of nitrogens with zero attached hydrogens (tertiary/aromatic N) is 1. The maximum absolute atomic E-state index is 13.5. The Morgan fingerprint density at radius 2 is 1.63 bits per heavy atom. The van der Waals surface area contributed by atoms with Gasteiger partial charge in [0.05, 0.1) is 11.1 Å². The lowest BCUT2D eigenvalue weighted by Gasteiger charge is -2.08. The summed E-state index contributed by atoms with van der Waals surface area (Å²) in [5.74, 6) is -1.13. The van der Waals surface area contributed by atoms with Crippen molar-refractivity contribution in [2.24, 2.45) is 0 Å². The van der Waals surface area contributed by atoms with E-state index in [1.54, 1.807) is 12.1 Å². The van der Waals surface area contributed by atoms with Gasteiger partial charge in [-0.3, -0.25) is 20.4 Å². The highest BCUT2D eigenvalue weighted by Crippen LogP contribution is 2.21. The Morgan fingerprint density at radius 1 is 0.926 bits per heavy atom. The number of ether oxygens (including phenoxy) is 1. The maximum atomic E-state index is 13.5. The van der Waals surface area contributed by atoms with Crippen molar-refractivity contribution in [1.29, 1.82) is 0 Å². The normalized spacial score (nSPS) is 10.1. The highest BCUT2D eigenvalue weighted by atomic mass is 79.9. The molecule has 0 saturated carbocycles. The van der Waals surface area contributed by atoms with Gasteiger partial charge >= 0.3 is 0 Å². The average Bonchev–Trinajstić information content (AvgIpc) is 2.68. The first-order chi connectivity index (χ1) is 13.0. The second-order valence-corrected chi connectivity index (χ2v) is 6.24. The summed E-state index contributed by atoms with van der Waals surface area (Å²) in [6.45, 7) is 0. The van der Waals surface area contributed by atoms with Crippen molar-refractivity contribution in [3.63, 3.8) is 0 Å². The second-order valence-electron chi connectivity index (χ2n) is 5.33. The monoisotopic (exact) mass is 429 g/mol. The minimum absolute atomic E-state index is 0.172. The number of carbonyl (C=O) groups is 2. The van der Waals surface area contributed by atoms with Gasteiger partial charge < -0.3 is 4.74 Å². The van der Waals surface area contributed by atoms with Crippen LogP contribution in [-0.4, -0.2) is 16.8 Å². The summed E-state index contributed by atoms with van der Waals surface area (Å²) in [5.41, 5.74) is 4.39. The first-order valence-corrected chi connectivity index (χ1v) is 8.57. The molecule has 0 spiro atoms. The smallest absolute Gasteiger partial charge is 0.272 e. The largest absolute Gasteiger partial charge is 0.439 e. The van der Waals surface area contributed by atoms with Gasteiger partial charge in [0, 0.05) is 16.7 Å². The number of halogens is 2. The summed E-state index contributed by atoms with van der Waals surface area (Å²) in [4.78, 5) is 28.0. The van der Waals surface area contributed by atoms with Crippen LogP contribution in [0.3, 0.4) is 0 Å². The molecule has 6 nitrogen and oxygen atoms in total. The molecule has 1 heterocycles. The Morgan fingerprint density at radius 3 is 2.30 bits per heavy atom. The second kappa shape index (κ2) is 8.41. The van der Waals surface area contributed by atoms with E-state index in [4.69, 9.17) is 4.74 Å². The summed E-state index contributed by atoms with van der Waals surface area (Å²) in [7, 11) is 0. The Balaban J connectivity index is 1.58. The number of hydrogen-bond acceptors (Lipinski definition) is 4.